The number of hydrogen-bond acceptors (Lipinski definition) is 5. The molecule has 3 aliphatic heterocycles. The zero-order valence-electron chi connectivity index (χ0n) is 14.4. The zero-order valence-corrected chi connectivity index (χ0v) is 14.4. The Labute approximate surface area is 147 Å². The lowest BCUT2D eigenvalue weighted by molar-refractivity contribution is 0.0904. The van der Waals surface area contributed by atoms with Gasteiger partial charge in [-0.3, -0.25) is 9.78 Å². The number of nitrogens with zero attached hydrogens (tertiary/aromatic N) is 3. The van der Waals surface area contributed by atoms with Crippen LogP contribution in [0.1, 0.15) is 36.2 Å². The monoisotopic (exact) mass is 340 g/mol. The predicted molar refractivity (Wildman–Crippen MR) is 95.9 cm³/mol. The van der Waals surface area contributed by atoms with Crippen LogP contribution in [0.15, 0.2) is 22.7 Å². The molecule has 5 heterocycles. The Bertz CT molecular complexity index is 784. The molecule has 0 aliphatic carbocycles. The summed E-state index contributed by atoms with van der Waals surface area (Å²) in [4.78, 5) is 21.7. The molecule has 1 N–H and O–H groups in total. The lowest BCUT2D eigenvalue weighted by Crippen LogP contribution is -2.47. The molecule has 3 saturated heterocycles. The van der Waals surface area contributed by atoms with Crippen molar-refractivity contribution >= 4 is 22.8 Å². The van der Waals surface area contributed by atoms with E-state index in [0.717, 1.165) is 48.8 Å². The Hall–Kier alpha value is -2.08. The highest BCUT2D eigenvalue weighted by Gasteiger charge is 2.33. The highest BCUT2D eigenvalue weighted by molar-refractivity contribution is 5.95. The van der Waals surface area contributed by atoms with Crippen LogP contribution in [-0.2, 0) is 0 Å². The van der Waals surface area contributed by atoms with Crippen LogP contribution >= 0.6 is 0 Å². The van der Waals surface area contributed by atoms with E-state index in [1.165, 1.54) is 32.4 Å². The van der Waals surface area contributed by atoms with Gasteiger partial charge in [0.2, 0.25) is 0 Å². The van der Waals surface area contributed by atoms with Gasteiger partial charge in [-0.05, 0) is 38.1 Å². The number of rotatable bonds is 3. The molecule has 6 heteroatoms. The molecule has 3 aliphatic rings. The van der Waals surface area contributed by atoms with E-state index in [0.29, 0.717) is 5.69 Å². The molecule has 25 heavy (non-hydrogen) atoms. The van der Waals surface area contributed by atoms with Crippen molar-refractivity contribution in [2.75, 3.05) is 37.6 Å². The second kappa shape index (κ2) is 6.02. The number of amides is 1. The SMILES string of the molecule is O=C(NC1CC2CCN(C2)C1)c1cc2oc(N3CCCC3)cc2cn1. The molecular formula is C19H24N4O2. The number of furan rings is 1. The van der Waals surface area contributed by atoms with Crippen molar-refractivity contribution in [3.63, 3.8) is 0 Å². The first-order valence-corrected chi connectivity index (χ1v) is 9.42. The zero-order chi connectivity index (χ0) is 16.8. The maximum absolute atomic E-state index is 12.6. The van der Waals surface area contributed by atoms with Crippen LogP contribution < -0.4 is 10.2 Å². The standard InChI is InChI=1S/C19H24N4O2/c24-19(21-15-7-13-3-6-22(11-13)12-15)16-9-17-14(10-20-16)8-18(25-17)23-4-1-2-5-23/h8-10,13,15H,1-7,11-12H2,(H,21,24). The third-order valence-electron chi connectivity index (χ3n) is 5.84. The maximum Gasteiger partial charge on any atom is 0.270 e. The van der Waals surface area contributed by atoms with E-state index < -0.39 is 0 Å². The minimum atomic E-state index is -0.0893. The lowest BCUT2D eigenvalue weighted by atomic mass is 9.97. The summed E-state index contributed by atoms with van der Waals surface area (Å²) in [6, 6.07) is 4.05. The molecule has 2 aromatic rings. The third kappa shape index (κ3) is 2.88. The van der Waals surface area contributed by atoms with E-state index in [1.807, 2.05) is 6.07 Å². The van der Waals surface area contributed by atoms with E-state index >= 15 is 0 Å². The summed E-state index contributed by atoms with van der Waals surface area (Å²) in [5.74, 6) is 1.54. The largest absolute Gasteiger partial charge is 0.440 e. The van der Waals surface area contributed by atoms with Crippen molar-refractivity contribution in [3.8, 4) is 0 Å². The summed E-state index contributed by atoms with van der Waals surface area (Å²) in [6.07, 6.45) is 6.53. The van der Waals surface area contributed by atoms with Gasteiger partial charge in [-0.1, -0.05) is 0 Å². The first kappa shape index (κ1) is 15.2. The molecule has 6 nitrogen and oxygen atoms in total. The topological polar surface area (TPSA) is 61.6 Å². The molecule has 2 aromatic heterocycles. The first-order valence-electron chi connectivity index (χ1n) is 9.42. The number of piperidine rings is 1. The summed E-state index contributed by atoms with van der Waals surface area (Å²) in [6.45, 7) is 5.42. The van der Waals surface area contributed by atoms with Gasteiger partial charge in [0.25, 0.3) is 5.91 Å². The van der Waals surface area contributed by atoms with Crippen LogP contribution in [-0.4, -0.2) is 54.6 Å². The Kier molecular flexibility index (Phi) is 3.66. The van der Waals surface area contributed by atoms with Crippen LogP contribution in [0.4, 0.5) is 5.88 Å². The number of nitrogens with one attached hydrogen (secondary N) is 1. The summed E-state index contributed by atoms with van der Waals surface area (Å²) in [5, 5.41) is 4.13. The number of hydrogen-bond donors (Lipinski definition) is 1. The molecule has 0 saturated carbocycles. The maximum atomic E-state index is 12.6. The molecule has 0 spiro atoms. The second-order valence-corrected chi connectivity index (χ2v) is 7.71. The minimum absolute atomic E-state index is 0.0893. The second-order valence-electron chi connectivity index (χ2n) is 7.71. The molecule has 2 bridgehead atoms. The average Bonchev–Trinajstić information content (AvgIpc) is 3.33. The molecule has 132 valence electrons. The van der Waals surface area contributed by atoms with Gasteiger partial charge in [0.1, 0.15) is 11.3 Å². The molecule has 3 fully saturated rings. The molecular weight excluding hydrogens is 316 g/mol. The van der Waals surface area contributed by atoms with E-state index in [-0.39, 0.29) is 11.9 Å². The van der Waals surface area contributed by atoms with Gasteiger partial charge in [-0.25, -0.2) is 0 Å². The van der Waals surface area contributed by atoms with Gasteiger partial charge in [-0.2, -0.15) is 0 Å². The van der Waals surface area contributed by atoms with E-state index in [4.69, 9.17) is 4.42 Å². The number of aromatic nitrogens is 1. The first-order chi connectivity index (χ1) is 12.2. The number of anilines is 1. The smallest absolute Gasteiger partial charge is 0.270 e. The summed E-state index contributed by atoms with van der Waals surface area (Å²) >= 11 is 0. The Morgan fingerprint density at radius 3 is 2.92 bits per heavy atom. The van der Waals surface area contributed by atoms with Crippen LogP contribution in [0, 0.1) is 5.92 Å². The van der Waals surface area contributed by atoms with E-state index in [2.05, 4.69) is 20.1 Å². The van der Waals surface area contributed by atoms with Crippen molar-refractivity contribution in [2.45, 2.75) is 31.7 Å². The molecule has 3 atom stereocenters. The molecule has 0 radical (unpaired) electrons. The predicted octanol–water partition coefficient (Wildman–Crippen LogP) is 2.25. The lowest BCUT2D eigenvalue weighted by Gasteiger charge is -2.30. The van der Waals surface area contributed by atoms with Crippen LogP contribution in [0.5, 0.6) is 0 Å². The Morgan fingerprint density at radius 2 is 2.08 bits per heavy atom. The van der Waals surface area contributed by atoms with Crippen molar-refractivity contribution in [3.05, 3.63) is 24.0 Å². The fraction of sp³-hybridized carbons (Fsp3) is 0.579. The van der Waals surface area contributed by atoms with Crippen LogP contribution in [0.25, 0.3) is 11.0 Å². The Balaban J connectivity index is 1.32. The summed E-state index contributed by atoms with van der Waals surface area (Å²) in [7, 11) is 0. The van der Waals surface area contributed by atoms with E-state index in [9.17, 15) is 4.79 Å². The van der Waals surface area contributed by atoms with Crippen molar-refractivity contribution < 1.29 is 9.21 Å². The molecule has 0 aromatic carbocycles. The molecule has 1 amide bonds. The quantitative estimate of drug-likeness (QED) is 0.929. The van der Waals surface area contributed by atoms with Gasteiger partial charge in [0, 0.05) is 55.9 Å². The van der Waals surface area contributed by atoms with Gasteiger partial charge < -0.3 is 19.5 Å². The van der Waals surface area contributed by atoms with Gasteiger partial charge in [-0.15, -0.1) is 0 Å². The van der Waals surface area contributed by atoms with Crippen molar-refractivity contribution in [1.82, 2.24) is 15.2 Å². The normalized spacial score (nSPS) is 28.6. The summed E-state index contributed by atoms with van der Waals surface area (Å²) in [5.41, 5.74) is 1.19. The number of pyridine rings is 1. The van der Waals surface area contributed by atoms with E-state index in [1.54, 1.807) is 12.3 Å². The number of fused-ring (bicyclic) bond motifs is 3. The minimum Gasteiger partial charge on any atom is -0.440 e. The average molecular weight is 340 g/mol. The van der Waals surface area contributed by atoms with Gasteiger partial charge in [0.15, 0.2) is 5.88 Å². The van der Waals surface area contributed by atoms with Gasteiger partial charge in [0.05, 0.1) is 0 Å². The highest BCUT2D eigenvalue weighted by Crippen LogP contribution is 2.29. The summed E-state index contributed by atoms with van der Waals surface area (Å²) < 4.78 is 5.97. The highest BCUT2D eigenvalue weighted by atomic mass is 16.4. The fourth-order valence-electron chi connectivity index (χ4n) is 4.56. The fourth-order valence-corrected chi connectivity index (χ4v) is 4.56. The van der Waals surface area contributed by atoms with Crippen molar-refractivity contribution in [1.29, 1.82) is 0 Å². The molecule has 3 unspecified atom stereocenters. The van der Waals surface area contributed by atoms with Gasteiger partial charge >= 0.3 is 0 Å². The van der Waals surface area contributed by atoms with Crippen LogP contribution in [0.2, 0.25) is 0 Å². The Morgan fingerprint density at radius 1 is 1.20 bits per heavy atom. The number of carbonyl (C=O) groups is 1. The third-order valence-corrected chi connectivity index (χ3v) is 5.84. The molecule has 5 rings (SSSR count). The van der Waals surface area contributed by atoms with Crippen LogP contribution in [0.3, 0.4) is 0 Å². The van der Waals surface area contributed by atoms with Crippen molar-refractivity contribution in [2.24, 2.45) is 5.92 Å². The number of carbonyl (C=O) groups excluding carboxylic acids is 1.